The molecular weight excluding hydrogens is 322 g/mol. The molecule has 0 aliphatic carbocycles. The number of carbonyl (C=O) groups is 1. The number of aromatic amines is 1. The number of piperidine rings is 1. The number of rotatable bonds is 1. The van der Waals surface area contributed by atoms with Crippen LogP contribution in [-0.4, -0.2) is 46.8 Å². The van der Waals surface area contributed by atoms with Gasteiger partial charge in [0.1, 0.15) is 17.2 Å². The van der Waals surface area contributed by atoms with E-state index in [1.165, 1.54) is 0 Å². The zero-order valence-electron chi connectivity index (χ0n) is 15.0. The van der Waals surface area contributed by atoms with Crippen molar-refractivity contribution < 1.29 is 14.3 Å². The maximum absolute atomic E-state index is 12.7. The van der Waals surface area contributed by atoms with Gasteiger partial charge in [-0.15, -0.1) is 5.10 Å². The first kappa shape index (κ1) is 17.3. The maximum atomic E-state index is 12.7. The highest BCUT2D eigenvalue weighted by molar-refractivity contribution is 5.91. The van der Waals surface area contributed by atoms with Crippen molar-refractivity contribution in [3.8, 4) is 11.9 Å². The van der Waals surface area contributed by atoms with Crippen molar-refractivity contribution in [2.45, 2.75) is 44.6 Å². The minimum atomic E-state index is -0.682. The highest BCUT2D eigenvalue weighted by Crippen LogP contribution is 2.49. The number of aromatic nitrogens is 2. The third-order valence-electron chi connectivity index (χ3n) is 4.70. The minimum Gasteiger partial charge on any atom is -0.455 e. The van der Waals surface area contributed by atoms with E-state index in [9.17, 15) is 10.1 Å². The van der Waals surface area contributed by atoms with Crippen molar-refractivity contribution in [2.24, 2.45) is 5.73 Å². The summed E-state index contributed by atoms with van der Waals surface area (Å²) in [7, 11) is 2.02. The van der Waals surface area contributed by atoms with Crippen LogP contribution in [0.4, 0.5) is 0 Å². The highest BCUT2D eigenvalue weighted by Gasteiger charge is 2.50. The quantitative estimate of drug-likeness (QED) is 0.739. The fourth-order valence-corrected chi connectivity index (χ4v) is 3.50. The number of likely N-dealkylation sites (tertiary alicyclic amines) is 1. The Morgan fingerprint density at radius 2 is 2.08 bits per heavy atom. The molecule has 0 amide bonds. The molecule has 25 heavy (non-hydrogen) atoms. The van der Waals surface area contributed by atoms with Crippen LogP contribution in [0, 0.1) is 11.3 Å². The Bertz CT molecular complexity index is 773. The fraction of sp³-hybridized carbons (Fsp3) is 0.588. The first-order valence-corrected chi connectivity index (χ1v) is 8.27. The second kappa shape index (κ2) is 5.77. The number of hydrogen-bond donors (Lipinski definition) is 2. The standard InChI is InChI=1S/C17H23N5O3/c1-16(2,3)25-15(23)12-11-14(21-20-12)24-13(19)10(9-18)17(11)5-7-22(4)8-6-17/h5-8,19H2,1-4H3,(H,20,21). The Kier molecular flexibility index (Phi) is 4.00. The van der Waals surface area contributed by atoms with E-state index >= 15 is 0 Å². The maximum Gasteiger partial charge on any atom is 0.357 e. The summed E-state index contributed by atoms with van der Waals surface area (Å²) in [6.45, 7) is 6.95. The molecule has 1 fully saturated rings. The zero-order chi connectivity index (χ0) is 18.4. The molecule has 0 unspecified atom stereocenters. The van der Waals surface area contributed by atoms with Gasteiger partial charge in [-0.25, -0.2) is 4.79 Å². The van der Waals surface area contributed by atoms with Gasteiger partial charge in [-0.1, -0.05) is 0 Å². The second-order valence-corrected chi connectivity index (χ2v) is 7.62. The van der Waals surface area contributed by atoms with Gasteiger partial charge in [-0.05, 0) is 53.8 Å². The summed E-state index contributed by atoms with van der Waals surface area (Å²) >= 11 is 0. The number of nitriles is 1. The molecule has 3 rings (SSSR count). The summed E-state index contributed by atoms with van der Waals surface area (Å²) in [4.78, 5) is 14.8. The number of carbonyl (C=O) groups excluding carboxylic acids is 1. The van der Waals surface area contributed by atoms with Gasteiger partial charge >= 0.3 is 5.97 Å². The van der Waals surface area contributed by atoms with Crippen molar-refractivity contribution in [1.29, 1.82) is 5.26 Å². The number of allylic oxidation sites excluding steroid dienone is 1. The monoisotopic (exact) mass is 345 g/mol. The molecule has 0 bridgehead atoms. The summed E-state index contributed by atoms with van der Waals surface area (Å²) in [6, 6.07) is 2.19. The number of nitrogens with two attached hydrogens (primary N) is 1. The van der Waals surface area contributed by atoms with Gasteiger partial charge in [0.25, 0.3) is 0 Å². The Morgan fingerprint density at radius 1 is 1.44 bits per heavy atom. The average Bonchev–Trinajstić information content (AvgIpc) is 2.93. The molecule has 8 heteroatoms. The van der Waals surface area contributed by atoms with Crippen molar-refractivity contribution in [1.82, 2.24) is 15.1 Å². The van der Waals surface area contributed by atoms with E-state index < -0.39 is 17.0 Å². The Labute approximate surface area is 146 Å². The lowest BCUT2D eigenvalue weighted by Gasteiger charge is -2.42. The van der Waals surface area contributed by atoms with Gasteiger partial charge in [-0.3, -0.25) is 5.10 Å². The van der Waals surface area contributed by atoms with Crippen LogP contribution in [0.2, 0.25) is 0 Å². The number of esters is 1. The van der Waals surface area contributed by atoms with Gasteiger partial charge in [0, 0.05) is 5.41 Å². The van der Waals surface area contributed by atoms with Gasteiger partial charge < -0.3 is 20.1 Å². The summed E-state index contributed by atoms with van der Waals surface area (Å²) in [5, 5.41) is 16.5. The van der Waals surface area contributed by atoms with Crippen LogP contribution in [0.3, 0.4) is 0 Å². The lowest BCUT2D eigenvalue weighted by molar-refractivity contribution is 0.00589. The summed E-state index contributed by atoms with van der Waals surface area (Å²) in [6.07, 6.45) is 1.30. The molecule has 0 radical (unpaired) electrons. The summed E-state index contributed by atoms with van der Waals surface area (Å²) < 4.78 is 11.0. The third kappa shape index (κ3) is 2.85. The third-order valence-corrected chi connectivity index (χ3v) is 4.70. The zero-order valence-corrected chi connectivity index (χ0v) is 15.0. The minimum absolute atomic E-state index is 0.0572. The molecule has 2 aliphatic heterocycles. The van der Waals surface area contributed by atoms with Gasteiger partial charge in [-0.2, -0.15) is 5.26 Å². The number of fused-ring (bicyclic) bond motifs is 2. The first-order chi connectivity index (χ1) is 11.7. The highest BCUT2D eigenvalue weighted by atomic mass is 16.6. The lowest BCUT2D eigenvalue weighted by Crippen LogP contribution is -2.45. The number of H-pyrrole nitrogens is 1. The molecule has 2 aliphatic rings. The predicted molar refractivity (Wildman–Crippen MR) is 89.6 cm³/mol. The molecule has 0 saturated carbocycles. The van der Waals surface area contributed by atoms with Crippen LogP contribution in [0.1, 0.15) is 49.7 Å². The molecular formula is C17H23N5O3. The van der Waals surface area contributed by atoms with Crippen molar-refractivity contribution >= 4 is 5.97 Å². The van der Waals surface area contributed by atoms with E-state index in [-0.39, 0.29) is 17.5 Å². The largest absolute Gasteiger partial charge is 0.455 e. The number of nitrogens with zero attached hydrogens (tertiary/aromatic N) is 3. The van der Waals surface area contributed by atoms with Crippen LogP contribution in [0.15, 0.2) is 11.5 Å². The van der Waals surface area contributed by atoms with Gasteiger partial charge in [0.05, 0.1) is 5.56 Å². The molecule has 1 spiro atoms. The van der Waals surface area contributed by atoms with Crippen molar-refractivity contribution in [3.05, 3.63) is 22.7 Å². The molecule has 1 aromatic rings. The van der Waals surface area contributed by atoms with E-state index in [2.05, 4.69) is 21.2 Å². The Hall–Kier alpha value is -2.53. The van der Waals surface area contributed by atoms with Crippen LogP contribution >= 0.6 is 0 Å². The topological polar surface area (TPSA) is 117 Å². The van der Waals surface area contributed by atoms with E-state index in [1.807, 2.05) is 7.05 Å². The van der Waals surface area contributed by atoms with Crippen LogP contribution in [0.25, 0.3) is 0 Å². The SMILES string of the molecule is CN1CCC2(CC1)C(C#N)=C(N)Oc1n[nH]c(C(=O)OC(C)(C)C)c12. The van der Waals surface area contributed by atoms with E-state index in [0.29, 0.717) is 24.0 Å². The van der Waals surface area contributed by atoms with Crippen molar-refractivity contribution in [2.75, 3.05) is 20.1 Å². The summed E-state index contributed by atoms with van der Waals surface area (Å²) in [5.41, 5.74) is 5.83. The molecule has 3 heterocycles. The predicted octanol–water partition coefficient (Wildman–Crippen LogP) is 1.41. The second-order valence-electron chi connectivity index (χ2n) is 7.62. The lowest BCUT2D eigenvalue weighted by atomic mass is 9.67. The molecule has 134 valence electrons. The molecule has 1 saturated heterocycles. The summed E-state index contributed by atoms with van der Waals surface area (Å²) in [5.74, 6) is -0.204. The van der Waals surface area contributed by atoms with E-state index in [0.717, 1.165) is 13.1 Å². The normalized spacial score (nSPS) is 20.0. The van der Waals surface area contributed by atoms with E-state index in [4.69, 9.17) is 15.2 Å². The number of nitrogens with one attached hydrogen (secondary N) is 1. The molecule has 1 aromatic heterocycles. The molecule has 0 aromatic carbocycles. The average molecular weight is 345 g/mol. The Morgan fingerprint density at radius 3 is 2.64 bits per heavy atom. The molecule has 0 atom stereocenters. The fourth-order valence-electron chi connectivity index (χ4n) is 3.50. The van der Waals surface area contributed by atoms with Crippen LogP contribution in [0.5, 0.6) is 5.88 Å². The van der Waals surface area contributed by atoms with E-state index in [1.54, 1.807) is 20.8 Å². The Balaban J connectivity index is 2.12. The smallest absolute Gasteiger partial charge is 0.357 e. The van der Waals surface area contributed by atoms with Crippen LogP contribution < -0.4 is 10.5 Å². The van der Waals surface area contributed by atoms with Crippen LogP contribution in [-0.2, 0) is 10.2 Å². The number of hydrogen-bond acceptors (Lipinski definition) is 7. The van der Waals surface area contributed by atoms with Crippen molar-refractivity contribution in [3.63, 3.8) is 0 Å². The van der Waals surface area contributed by atoms with Gasteiger partial charge in [0.15, 0.2) is 5.69 Å². The van der Waals surface area contributed by atoms with Gasteiger partial charge in [0.2, 0.25) is 11.8 Å². The molecule has 3 N–H and O–H groups in total. The number of ether oxygens (including phenoxy) is 2. The molecule has 8 nitrogen and oxygen atoms in total. The first-order valence-electron chi connectivity index (χ1n) is 8.27.